The van der Waals surface area contributed by atoms with E-state index in [4.69, 9.17) is 4.74 Å². The maximum atomic E-state index is 11.6. The molecule has 5 heteroatoms. The first kappa shape index (κ1) is 16.6. The highest BCUT2D eigenvalue weighted by Gasteiger charge is 2.42. The van der Waals surface area contributed by atoms with Crippen LogP contribution in [-0.4, -0.2) is 12.0 Å². The molecule has 134 valence electrons. The molecule has 5 nitrogen and oxygen atoms in total. The van der Waals surface area contributed by atoms with E-state index in [2.05, 4.69) is 48.7 Å². The van der Waals surface area contributed by atoms with Crippen molar-refractivity contribution >= 4 is 11.4 Å². The predicted molar refractivity (Wildman–Crippen MR) is 102 cm³/mol. The van der Waals surface area contributed by atoms with Crippen molar-refractivity contribution in [3.05, 3.63) is 75.4 Å². The van der Waals surface area contributed by atoms with Crippen molar-refractivity contribution in [2.75, 3.05) is 12.4 Å². The van der Waals surface area contributed by atoms with Crippen LogP contribution in [0.2, 0.25) is 0 Å². The van der Waals surface area contributed by atoms with Crippen LogP contribution < -0.4 is 10.1 Å². The molecule has 0 bridgehead atoms. The Kier molecular flexibility index (Phi) is 4.15. The van der Waals surface area contributed by atoms with Crippen molar-refractivity contribution in [2.45, 2.75) is 31.7 Å². The highest BCUT2D eigenvalue weighted by molar-refractivity contribution is 5.73. The monoisotopic (exact) mass is 350 g/mol. The van der Waals surface area contributed by atoms with Gasteiger partial charge in [0.25, 0.3) is 5.69 Å². The van der Waals surface area contributed by atoms with E-state index in [1.165, 1.54) is 11.1 Å². The molecule has 0 radical (unpaired) electrons. The first-order chi connectivity index (χ1) is 12.6. The third-order valence-electron chi connectivity index (χ3n) is 5.62. The number of rotatable bonds is 4. The number of hydrogen-bond acceptors (Lipinski definition) is 4. The molecule has 26 heavy (non-hydrogen) atoms. The topological polar surface area (TPSA) is 64.4 Å². The Morgan fingerprint density at radius 3 is 2.65 bits per heavy atom. The zero-order valence-electron chi connectivity index (χ0n) is 14.9. The molecular weight excluding hydrogens is 328 g/mol. The molecule has 0 saturated heterocycles. The lowest BCUT2D eigenvalue weighted by molar-refractivity contribution is -0.385. The third-order valence-corrected chi connectivity index (χ3v) is 5.62. The fourth-order valence-corrected chi connectivity index (χ4v) is 4.28. The van der Waals surface area contributed by atoms with E-state index in [1.807, 2.05) is 0 Å². The van der Waals surface area contributed by atoms with Crippen molar-refractivity contribution in [1.29, 1.82) is 0 Å². The number of anilines is 1. The summed E-state index contributed by atoms with van der Waals surface area (Å²) in [5, 5.41) is 15.2. The molecule has 1 aliphatic carbocycles. The van der Waals surface area contributed by atoms with Crippen LogP contribution in [0.1, 0.15) is 42.0 Å². The van der Waals surface area contributed by atoms with Gasteiger partial charge in [0, 0.05) is 12.0 Å². The molecule has 0 saturated carbocycles. The fraction of sp³-hybridized carbons (Fsp3) is 0.333. The zero-order valence-corrected chi connectivity index (χ0v) is 14.9. The van der Waals surface area contributed by atoms with E-state index in [1.54, 1.807) is 19.2 Å². The van der Waals surface area contributed by atoms with Crippen LogP contribution in [0.4, 0.5) is 11.4 Å². The number of nitro groups is 1. The van der Waals surface area contributed by atoms with Gasteiger partial charge in [-0.2, -0.15) is 0 Å². The van der Waals surface area contributed by atoms with Crippen LogP contribution >= 0.6 is 0 Å². The number of fused-ring (bicyclic) bond motifs is 3. The number of methoxy groups -OCH3 is 1. The second-order valence-electron chi connectivity index (χ2n) is 6.90. The summed E-state index contributed by atoms with van der Waals surface area (Å²) in [6.45, 7) is 2.14. The number of nitro benzene ring substituents is 1. The number of aryl methyl sites for hydroxylation is 1. The van der Waals surface area contributed by atoms with Gasteiger partial charge >= 0.3 is 0 Å². The van der Waals surface area contributed by atoms with Crippen molar-refractivity contribution < 1.29 is 9.66 Å². The number of nitrogens with zero attached hydrogens (tertiary/aromatic N) is 1. The molecule has 0 spiro atoms. The van der Waals surface area contributed by atoms with Crippen molar-refractivity contribution in [3.63, 3.8) is 0 Å². The third kappa shape index (κ3) is 2.55. The largest absolute Gasteiger partial charge is 0.495 e. The first-order valence-electron chi connectivity index (χ1n) is 9.01. The zero-order chi connectivity index (χ0) is 18.3. The maximum absolute atomic E-state index is 11.6. The summed E-state index contributed by atoms with van der Waals surface area (Å²) in [6, 6.07) is 12.0. The van der Waals surface area contributed by atoms with E-state index in [0.717, 1.165) is 24.1 Å². The van der Waals surface area contributed by atoms with Gasteiger partial charge in [0.15, 0.2) is 0 Å². The van der Waals surface area contributed by atoms with Crippen molar-refractivity contribution in [3.8, 4) is 5.75 Å². The van der Waals surface area contributed by atoms with E-state index in [9.17, 15) is 10.1 Å². The number of allylic oxidation sites excluding steroid dienone is 2. The Balaban J connectivity index is 1.84. The molecule has 2 aliphatic rings. The molecule has 3 atom stereocenters. The lowest BCUT2D eigenvalue weighted by Gasteiger charge is -2.37. The Bertz CT molecular complexity index is 874. The lowest BCUT2D eigenvalue weighted by Crippen LogP contribution is -2.30. The number of hydrogen-bond donors (Lipinski definition) is 1. The quantitative estimate of drug-likeness (QED) is 0.479. The normalized spacial score (nSPS) is 23.1. The second kappa shape index (κ2) is 6.48. The van der Waals surface area contributed by atoms with Gasteiger partial charge in [-0.05, 0) is 36.0 Å². The molecule has 0 unspecified atom stereocenters. The van der Waals surface area contributed by atoms with Gasteiger partial charge in [0.2, 0.25) is 0 Å². The molecule has 4 rings (SSSR count). The number of benzene rings is 2. The predicted octanol–water partition coefficient (Wildman–Crippen LogP) is 4.99. The van der Waals surface area contributed by atoms with E-state index < -0.39 is 0 Å². The van der Waals surface area contributed by atoms with Crippen LogP contribution in [0.25, 0.3) is 0 Å². The maximum Gasteiger partial charge on any atom is 0.275 e. The summed E-state index contributed by atoms with van der Waals surface area (Å²) < 4.78 is 5.51. The molecule has 0 amide bonds. The molecule has 1 heterocycles. The SMILES string of the molecule is CCc1ccc([C@H]2Nc3c(OC)ccc([N+](=O)[O-])c3[C@H]3C=CC[C@H]32)cc1. The molecule has 0 fully saturated rings. The minimum atomic E-state index is -0.292. The van der Waals surface area contributed by atoms with Crippen LogP contribution in [0.3, 0.4) is 0 Å². The fourth-order valence-electron chi connectivity index (χ4n) is 4.28. The standard InChI is InChI=1S/C21H22N2O3/c1-3-13-7-9-14(10-8-13)20-16-6-4-5-15(16)19-17(23(24)25)11-12-18(26-2)21(19)22-20/h4-5,7-12,15-16,20,22H,3,6H2,1-2H3/t15-,16+,20+/m0/s1. The van der Waals surface area contributed by atoms with E-state index >= 15 is 0 Å². The average molecular weight is 350 g/mol. The van der Waals surface area contributed by atoms with Gasteiger partial charge in [-0.25, -0.2) is 0 Å². The highest BCUT2D eigenvalue weighted by Crippen LogP contribution is 2.54. The Morgan fingerprint density at radius 2 is 2.00 bits per heavy atom. The minimum absolute atomic E-state index is 0.0256. The van der Waals surface area contributed by atoms with Crippen molar-refractivity contribution in [2.24, 2.45) is 5.92 Å². The highest BCUT2D eigenvalue weighted by atomic mass is 16.6. The molecular formula is C21H22N2O3. The summed E-state index contributed by atoms with van der Waals surface area (Å²) in [7, 11) is 1.60. The van der Waals surface area contributed by atoms with Crippen LogP contribution in [0.15, 0.2) is 48.6 Å². The van der Waals surface area contributed by atoms with Crippen molar-refractivity contribution in [1.82, 2.24) is 0 Å². The van der Waals surface area contributed by atoms with Crippen LogP contribution in [0, 0.1) is 16.0 Å². The van der Waals surface area contributed by atoms with Gasteiger partial charge in [0.1, 0.15) is 5.75 Å². The van der Waals surface area contributed by atoms with Gasteiger partial charge in [0.05, 0.1) is 29.3 Å². The number of ether oxygens (including phenoxy) is 1. The number of nitrogens with one attached hydrogen (secondary N) is 1. The molecule has 2 aromatic carbocycles. The summed E-state index contributed by atoms with van der Waals surface area (Å²) in [5.41, 5.74) is 4.17. The Morgan fingerprint density at radius 1 is 1.23 bits per heavy atom. The summed E-state index contributed by atoms with van der Waals surface area (Å²) >= 11 is 0. The molecule has 1 N–H and O–H groups in total. The summed E-state index contributed by atoms with van der Waals surface area (Å²) in [5.74, 6) is 0.943. The summed E-state index contributed by atoms with van der Waals surface area (Å²) in [4.78, 5) is 11.3. The van der Waals surface area contributed by atoms with E-state index in [0.29, 0.717) is 5.75 Å². The van der Waals surface area contributed by atoms with Gasteiger partial charge in [-0.15, -0.1) is 0 Å². The molecule has 2 aromatic rings. The first-order valence-corrected chi connectivity index (χ1v) is 9.01. The second-order valence-corrected chi connectivity index (χ2v) is 6.90. The van der Waals surface area contributed by atoms with Gasteiger partial charge < -0.3 is 10.1 Å². The van der Waals surface area contributed by atoms with Gasteiger partial charge in [-0.3, -0.25) is 10.1 Å². The smallest absolute Gasteiger partial charge is 0.275 e. The van der Waals surface area contributed by atoms with Gasteiger partial charge in [-0.1, -0.05) is 43.3 Å². The molecule has 0 aromatic heterocycles. The Hall–Kier alpha value is -2.82. The summed E-state index contributed by atoms with van der Waals surface area (Å²) in [6.07, 6.45) is 6.17. The average Bonchev–Trinajstić information content (AvgIpc) is 3.16. The Labute approximate surface area is 152 Å². The lowest BCUT2D eigenvalue weighted by atomic mass is 9.76. The van der Waals surface area contributed by atoms with Crippen LogP contribution in [-0.2, 0) is 6.42 Å². The minimum Gasteiger partial charge on any atom is -0.495 e. The van der Waals surface area contributed by atoms with E-state index in [-0.39, 0.29) is 28.5 Å². The van der Waals surface area contributed by atoms with Crippen LogP contribution in [0.5, 0.6) is 5.75 Å². The molecule has 1 aliphatic heterocycles.